The topological polar surface area (TPSA) is 44.0 Å². The van der Waals surface area contributed by atoms with Crippen molar-refractivity contribution in [1.29, 1.82) is 5.26 Å². The van der Waals surface area contributed by atoms with Crippen molar-refractivity contribution in [2.45, 2.75) is 0 Å². The Balaban J connectivity index is -0.00000000667. The van der Waals surface area contributed by atoms with Gasteiger partial charge in [0.25, 0.3) is 6.26 Å². The molecule has 1 N–H and O–H groups in total. The van der Waals surface area contributed by atoms with Crippen LogP contribution in [0.4, 0.5) is 0 Å². The van der Waals surface area contributed by atoms with Crippen LogP contribution < -0.4 is 0 Å². The van der Waals surface area contributed by atoms with Crippen LogP contribution in [0.5, 0.6) is 0 Å². The SMILES string of the molecule is N#CO.[H-].[H-].[Sr+2]. The summed E-state index contributed by atoms with van der Waals surface area (Å²) in [7, 11) is 0. The van der Waals surface area contributed by atoms with E-state index in [1.807, 2.05) is 0 Å². The first kappa shape index (κ1) is 8.84. The molecule has 3 heteroatoms. The minimum atomic E-state index is 0. The molecule has 0 aliphatic rings. The fraction of sp³-hybridized carbons (Fsp3) is 0. The van der Waals surface area contributed by atoms with Gasteiger partial charge < -0.3 is 7.96 Å². The van der Waals surface area contributed by atoms with E-state index in [0.717, 1.165) is 6.26 Å². The summed E-state index contributed by atoms with van der Waals surface area (Å²) in [5.74, 6) is 0. The van der Waals surface area contributed by atoms with Gasteiger partial charge in [-0.25, -0.2) is 0 Å². The van der Waals surface area contributed by atoms with Crippen molar-refractivity contribution in [3.63, 3.8) is 0 Å². The molecule has 0 unspecified atom stereocenters. The van der Waals surface area contributed by atoms with Crippen LogP contribution in [0.2, 0.25) is 0 Å². The van der Waals surface area contributed by atoms with Gasteiger partial charge in [0.15, 0.2) is 0 Å². The predicted molar refractivity (Wildman–Crippen MR) is 15.5 cm³/mol. The molecule has 4 heavy (non-hydrogen) atoms. The maximum atomic E-state index is 6.88. The summed E-state index contributed by atoms with van der Waals surface area (Å²) < 4.78 is 0. The average Bonchev–Trinajstić information content (AvgIpc) is 0.918. The van der Waals surface area contributed by atoms with E-state index in [4.69, 9.17) is 10.4 Å². The van der Waals surface area contributed by atoms with E-state index in [9.17, 15) is 0 Å². The van der Waals surface area contributed by atoms with Crippen LogP contribution in [0, 0.1) is 11.5 Å². The van der Waals surface area contributed by atoms with Gasteiger partial charge in [0, 0.05) is 0 Å². The Morgan fingerprint density at radius 3 is 2.00 bits per heavy atom. The first-order valence-corrected chi connectivity index (χ1v) is 0.447. The normalized spacial score (nSPS) is 1.75. The summed E-state index contributed by atoms with van der Waals surface area (Å²) in [6.07, 6.45) is 0.750. The van der Waals surface area contributed by atoms with Gasteiger partial charge in [0.05, 0.1) is 0 Å². The molecular weight excluding hydrogens is 130 g/mol. The molecule has 0 saturated carbocycles. The van der Waals surface area contributed by atoms with Crippen molar-refractivity contribution in [2.75, 3.05) is 0 Å². The van der Waals surface area contributed by atoms with Gasteiger partial charge in [-0.05, 0) is 0 Å². The molecule has 0 radical (unpaired) electrons. The Bertz CT molecular complexity index is 35.0. The summed E-state index contributed by atoms with van der Waals surface area (Å²) in [5, 5.41) is 13.8. The fourth-order valence-electron chi connectivity index (χ4n) is 0. The molecule has 2 nitrogen and oxygen atoms in total. The Kier molecular flexibility index (Phi) is 20.4. The Labute approximate surface area is 64.3 Å². The Morgan fingerprint density at radius 2 is 2.00 bits per heavy atom. The van der Waals surface area contributed by atoms with Crippen LogP contribution in [-0.4, -0.2) is 50.6 Å². The third-order valence-electron chi connectivity index (χ3n) is 0. The quantitative estimate of drug-likeness (QED) is 0.363. The zero-order valence-corrected chi connectivity index (χ0v) is 5.58. The minimum absolute atomic E-state index is 0. The third-order valence-corrected chi connectivity index (χ3v) is 0. The number of aliphatic hydroxyl groups is 1. The van der Waals surface area contributed by atoms with Crippen molar-refractivity contribution >= 4 is 45.5 Å². The number of nitrogens with zero attached hydrogens (tertiary/aromatic N) is 1. The molecule has 0 aromatic rings. The molecule has 0 rings (SSSR count). The van der Waals surface area contributed by atoms with Gasteiger partial charge in [0.1, 0.15) is 0 Å². The molecular formula is CH3NOSr. The molecule has 0 heterocycles. The molecule has 0 aromatic carbocycles. The molecule has 0 fully saturated rings. The number of rotatable bonds is 0. The van der Waals surface area contributed by atoms with Crippen molar-refractivity contribution in [3.05, 3.63) is 0 Å². The second-order valence-corrected chi connectivity index (χ2v) is 0.100. The Hall–Kier alpha value is 0.771. The molecule has 0 amide bonds. The second-order valence-electron chi connectivity index (χ2n) is 0.100. The van der Waals surface area contributed by atoms with Crippen LogP contribution in [0.15, 0.2) is 0 Å². The van der Waals surface area contributed by atoms with E-state index < -0.39 is 0 Å². The van der Waals surface area contributed by atoms with Crippen LogP contribution in [0.25, 0.3) is 0 Å². The molecule has 0 aliphatic heterocycles. The number of hydrogen-bond donors (Lipinski definition) is 1. The van der Waals surface area contributed by atoms with E-state index >= 15 is 0 Å². The Morgan fingerprint density at radius 1 is 2.00 bits per heavy atom. The molecule has 20 valence electrons. The summed E-state index contributed by atoms with van der Waals surface area (Å²) in [6, 6.07) is 0. The largest absolute Gasteiger partial charge is 2.00 e. The number of aliphatic hydroxyl groups excluding tert-OH is 1. The molecule has 0 aromatic heterocycles. The van der Waals surface area contributed by atoms with Gasteiger partial charge in [-0.1, -0.05) is 0 Å². The smallest absolute Gasteiger partial charge is 1.00 e. The third kappa shape index (κ3) is 14.6. The van der Waals surface area contributed by atoms with Gasteiger partial charge >= 0.3 is 45.5 Å². The minimum Gasteiger partial charge on any atom is -1.00 e. The van der Waals surface area contributed by atoms with E-state index in [0.29, 0.717) is 0 Å². The van der Waals surface area contributed by atoms with Crippen LogP contribution in [0.3, 0.4) is 0 Å². The van der Waals surface area contributed by atoms with Crippen molar-refractivity contribution in [2.24, 2.45) is 0 Å². The molecule has 0 bridgehead atoms. The zero-order valence-electron chi connectivity index (χ0n) is 4.10. The van der Waals surface area contributed by atoms with Crippen LogP contribution in [0.1, 0.15) is 2.85 Å². The zero-order chi connectivity index (χ0) is 2.71. The van der Waals surface area contributed by atoms with E-state index in [1.54, 1.807) is 0 Å². The molecule has 0 atom stereocenters. The summed E-state index contributed by atoms with van der Waals surface area (Å²) in [6.45, 7) is 0. The molecule has 0 aliphatic carbocycles. The first-order chi connectivity index (χ1) is 1.41. The maximum Gasteiger partial charge on any atom is 2.00 e. The molecule has 0 spiro atoms. The van der Waals surface area contributed by atoms with Gasteiger partial charge in [-0.3, -0.25) is 0 Å². The summed E-state index contributed by atoms with van der Waals surface area (Å²) in [5.41, 5.74) is 0. The van der Waals surface area contributed by atoms with Crippen molar-refractivity contribution < 1.29 is 7.96 Å². The van der Waals surface area contributed by atoms with E-state index in [1.165, 1.54) is 0 Å². The predicted octanol–water partition coefficient (Wildman–Crippen LogP) is -0.316. The van der Waals surface area contributed by atoms with Crippen LogP contribution >= 0.6 is 0 Å². The fourth-order valence-corrected chi connectivity index (χ4v) is 0. The van der Waals surface area contributed by atoms with Crippen molar-refractivity contribution in [1.82, 2.24) is 0 Å². The van der Waals surface area contributed by atoms with Gasteiger partial charge in [-0.15, -0.1) is 0 Å². The van der Waals surface area contributed by atoms with Crippen LogP contribution in [-0.2, 0) is 0 Å². The molecule has 0 saturated heterocycles. The summed E-state index contributed by atoms with van der Waals surface area (Å²) >= 11 is 0. The second kappa shape index (κ2) is 9.23. The number of hydrogen-bond acceptors (Lipinski definition) is 2. The van der Waals surface area contributed by atoms with Crippen molar-refractivity contribution in [3.8, 4) is 6.26 Å². The monoisotopic (exact) mass is 133 g/mol. The standard InChI is InChI=1S/CHNO.Sr.2H/c2-1-3;;;/h3H;;;/q;+2;2*-1. The average molecular weight is 133 g/mol. The van der Waals surface area contributed by atoms with E-state index in [-0.39, 0.29) is 48.3 Å². The van der Waals surface area contributed by atoms with Gasteiger partial charge in [-0.2, -0.15) is 5.26 Å². The first-order valence-electron chi connectivity index (χ1n) is 0.447. The number of nitriles is 1. The van der Waals surface area contributed by atoms with E-state index in [2.05, 4.69) is 0 Å². The maximum absolute atomic E-state index is 6.88. The van der Waals surface area contributed by atoms with Gasteiger partial charge in [0.2, 0.25) is 0 Å². The summed E-state index contributed by atoms with van der Waals surface area (Å²) in [4.78, 5) is 0.